The van der Waals surface area contributed by atoms with Crippen LogP contribution in [0.25, 0.3) is 0 Å². The van der Waals surface area contributed by atoms with Gasteiger partial charge in [-0.2, -0.15) is 0 Å². The molecule has 3 nitrogen and oxygen atoms in total. The standard InChI is InChI=1S/C14H23NO2S/c1-2-4-12(8-9-16)11-15-14(17)7-6-13-5-3-10-18-13/h3,5,10,12,16H,2,4,6-9,11H2,1H3,(H,15,17). The van der Waals surface area contributed by atoms with Crippen molar-refractivity contribution in [3.8, 4) is 0 Å². The van der Waals surface area contributed by atoms with E-state index in [-0.39, 0.29) is 12.5 Å². The maximum atomic E-state index is 11.7. The molecule has 0 radical (unpaired) electrons. The van der Waals surface area contributed by atoms with Crippen molar-refractivity contribution in [3.63, 3.8) is 0 Å². The Morgan fingerprint density at radius 1 is 1.50 bits per heavy atom. The molecule has 1 atom stereocenters. The molecule has 0 fully saturated rings. The van der Waals surface area contributed by atoms with Crippen molar-refractivity contribution in [2.45, 2.75) is 39.0 Å². The van der Waals surface area contributed by atoms with Crippen molar-refractivity contribution in [2.75, 3.05) is 13.2 Å². The Balaban J connectivity index is 2.18. The zero-order chi connectivity index (χ0) is 13.2. The van der Waals surface area contributed by atoms with E-state index in [1.807, 2.05) is 11.4 Å². The molecule has 1 rings (SSSR count). The summed E-state index contributed by atoms with van der Waals surface area (Å²) < 4.78 is 0. The number of carbonyl (C=O) groups is 1. The van der Waals surface area contributed by atoms with Gasteiger partial charge in [-0.25, -0.2) is 0 Å². The Bertz CT molecular complexity index is 319. The Hall–Kier alpha value is -0.870. The van der Waals surface area contributed by atoms with E-state index in [1.165, 1.54) is 4.88 Å². The summed E-state index contributed by atoms with van der Waals surface area (Å²) in [6.45, 7) is 3.02. The Morgan fingerprint density at radius 3 is 2.94 bits per heavy atom. The molecule has 0 aromatic carbocycles. The van der Waals surface area contributed by atoms with Gasteiger partial charge in [-0.3, -0.25) is 4.79 Å². The van der Waals surface area contributed by atoms with Crippen LogP contribution in [-0.2, 0) is 11.2 Å². The van der Waals surface area contributed by atoms with Crippen LogP contribution in [0.2, 0.25) is 0 Å². The number of hydrogen-bond donors (Lipinski definition) is 2. The largest absolute Gasteiger partial charge is 0.396 e. The van der Waals surface area contributed by atoms with Gasteiger partial charge in [0.05, 0.1) is 0 Å². The van der Waals surface area contributed by atoms with Crippen LogP contribution in [0, 0.1) is 5.92 Å². The molecule has 0 spiro atoms. The summed E-state index contributed by atoms with van der Waals surface area (Å²) in [5, 5.41) is 13.9. The summed E-state index contributed by atoms with van der Waals surface area (Å²) in [5.41, 5.74) is 0. The molecule has 0 aliphatic rings. The van der Waals surface area contributed by atoms with Gasteiger partial charge in [0.1, 0.15) is 0 Å². The summed E-state index contributed by atoms with van der Waals surface area (Å²) >= 11 is 1.69. The van der Waals surface area contributed by atoms with E-state index in [1.54, 1.807) is 11.3 Å². The number of hydrogen-bond acceptors (Lipinski definition) is 3. The van der Waals surface area contributed by atoms with Crippen molar-refractivity contribution in [3.05, 3.63) is 22.4 Å². The van der Waals surface area contributed by atoms with Crippen LogP contribution in [-0.4, -0.2) is 24.2 Å². The third-order valence-corrected chi connectivity index (χ3v) is 3.94. The summed E-state index contributed by atoms with van der Waals surface area (Å²) in [7, 11) is 0. The zero-order valence-electron chi connectivity index (χ0n) is 11.0. The van der Waals surface area contributed by atoms with Crippen molar-refractivity contribution in [2.24, 2.45) is 5.92 Å². The summed E-state index contributed by atoms with van der Waals surface area (Å²) in [5.74, 6) is 0.521. The second-order valence-electron chi connectivity index (χ2n) is 4.55. The van der Waals surface area contributed by atoms with Gasteiger partial charge in [0.25, 0.3) is 0 Å². The predicted molar refractivity (Wildman–Crippen MR) is 75.8 cm³/mol. The van der Waals surface area contributed by atoms with E-state index in [0.717, 1.165) is 25.7 Å². The number of carbonyl (C=O) groups excluding carboxylic acids is 1. The van der Waals surface area contributed by atoms with Gasteiger partial charge in [0.15, 0.2) is 0 Å². The molecule has 2 N–H and O–H groups in total. The topological polar surface area (TPSA) is 49.3 Å². The van der Waals surface area contributed by atoms with Crippen LogP contribution in [0.4, 0.5) is 0 Å². The number of nitrogens with one attached hydrogen (secondary N) is 1. The highest BCUT2D eigenvalue weighted by Crippen LogP contribution is 2.11. The van der Waals surface area contributed by atoms with E-state index in [4.69, 9.17) is 5.11 Å². The summed E-state index contributed by atoms with van der Waals surface area (Å²) in [6, 6.07) is 4.07. The second-order valence-corrected chi connectivity index (χ2v) is 5.58. The Labute approximate surface area is 113 Å². The van der Waals surface area contributed by atoms with E-state index >= 15 is 0 Å². The lowest BCUT2D eigenvalue weighted by Crippen LogP contribution is -2.29. The van der Waals surface area contributed by atoms with Crippen molar-refractivity contribution in [1.29, 1.82) is 0 Å². The molecule has 0 aliphatic carbocycles. The summed E-state index contributed by atoms with van der Waals surface area (Å²) in [6.07, 6.45) is 4.31. The van der Waals surface area contributed by atoms with Crippen LogP contribution in [0.3, 0.4) is 0 Å². The van der Waals surface area contributed by atoms with Crippen molar-refractivity contribution < 1.29 is 9.90 Å². The number of aliphatic hydroxyl groups is 1. The number of amides is 1. The van der Waals surface area contributed by atoms with Crippen LogP contribution in [0.15, 0.2) is 17.5 Å². The second kappa shape index (κ2) is 9.11. The first-order valence-electron chi connectivity index (χ1n) is 6.66. The fourth-order valence-corrected chi connectivity index (χ4v) is 2.69. The van der Waals surface area contributed by atoms with Crippen LogP contribution in [0.5, 0.6) is 0 Å². The average Bonchev–Trinajstić information content (AvgIpc) is 2.87. The molecule has 1 aromatic heterocycles. The minimum absolute atomic E-state index is 0.113. The first kappa shape index (κ1) is 15.2. The normalized spacial score (nSPS) is 12.3. The Morgan fingerprint density at radius 2 is 2.33 bits per heavy atom. The fraction of sp³-hybridized carbons (Fsp3) is 0.643. The third-order valence-electron chi connectivity index (χ3n) is 3.00. The lowest BCUT2D eigenvalue weighted by atomic mass is 10.0. The molecule has 1 heterocycles. The van der Waals surface area contributed by atoms with Crippen molar-refractivity contribution in [1.82, 2.24) is 5.32 Å². The van der Waals surface area contributed by atoms with Crippen LogP contribution in [0.1, 0.15) is 37.5 Å². The quantitative estimate of drug-likeness (QED) is 0.724. The molecule has 1 unspecified atom stereocenters. The van der Waals surface area contributed by atoms with Gasteiger partial charge < -0.3 is 10.4 Å². The molecule has 18 heavy (non-hydrogen) atoms. The highest BCUT2D eigenvalue weighted by atomic mass is 32.1. The predicted octanol–water partition coefficient (Wildman–Crippen LogP) is 2.60. The molecule has 0 saturated heterocycles. The minimum Gasteiger partial charge on any atom is -0.396 e. The Kier molecular flexibility index (Phi) is 7.69. The number of aliphatic hydroxyl groups excluding tert-OH is 1. The minimum atomic E-state index is 0.113. The average molecular weight is 269 g/mol. The van der Waals surface area contributed by atoms with Gasteiger partial charge in [0.2, 0.25) is 5.91 Å². The first-order chi connectivity index (χ1) is 8.76. The van der Waals surface area contributed by atoms with E-state index < -0.39 is 0 Å². The molecule has 0 bridgehead atoms. The highest BCUT2D eigenvalue weighted by Gasteiger charge is 2.09. The molecule has 4 heteroatoms. The summed E-state index contributed by atoms with van der Waals surface area (Å²) in [4.78, 5) is 12.9. The molecular formula is C14H23NO2S. The van der Waals surface area contributed by atoms with Gasteiger partial charge in [0, 0.05) is 24.4 Å². The molecule has 1 amide bonds. The number of rotatable bonds is 9. The number of thiophene rings is 1. The van der Waals surface area contributed by atoms with E-state index in [2.05, 4.69) is 18.3 Å². The molecular weight excluding hydrogens is 246 g/mol. The number of aryl methyl sites for hydroxylation is 1. The maximum absolute atomic E-state index is 11.7. The molecule has 0 saturated carbocycles. The lowest BCUT2D eigenvalue weighted by Gasteiger charge is -2.15. The van der Waals surface area contributed by atoms with Gasteiger partial charge >= 0.3 is 0 Å². The SMILES string of the molecule is CCCC(CCO)CNC(=O)CCc1cccs1. The van der Waals surface area contributed by atoms with E-state index in [0.29, 0.717) is 18.9 Å². The van der Waals surface area contributed by atoms with Gasteiger partial charge in [-0.15, -0.1) is 11.3 Å². The van der Waals surface area contributed by atoms with Crippen LogP contribution < -0.4 is 5.32 Å². The maximum Gasteiger partial charge on any atom is 0.220 e. The third kappa shape index (κ3) is 6.17. The zero-order valence-corrected chi connectivity index (χ0v) is 11.8. The lowest BCUT2D eigenvalue weighted by molar-refractivity contribution is -0.121. The molecule has 0 aliphatic heterocycles. The molecule has 102 valence electrons. The monoisotopic (exact) mass is 269 g/mol. The van der Waals surface area contributed by atoms with Gasteiger partial charge in [-0.05, 0) is 36.6 Å². The smallest absolute Gasteiger partial charge is 0.220 e. The van der Waals surface area contributed by atoms with Crippen LogP contribution >= 0.6 is 11.3 Å². The highest BCUT2D eigenvalue weighted by molar-refractivity contribution is 7.09. The van der Waals surface area contributed by atoms with Crippen molar-refractivity contribution >= 4 is 17.2 Å². The first-order valence-corrected chi connectivity index (χ1v) is 7.54. The fourth-order valence-electron chi connectivity index (χ4n) is 1.98. The molecule has 1 aromatic rings. The van der Waals surface area contributed by atoms with E-state index in [9.17, 15) is 4.79 Å². The van der Waals surface area contributed by atoms with Gasteiger partial charge in [-0.1, -0.05) is 19.4 Å².